The summed E-state index contributed by atoms with van der Waals surface area (Å²) in [7, 11) is 0. The zero-order chi connectivity index (χ0) is 9.97. The van der Waals surface area contributed by atoms with Crippen LogP contribution in [0.5, 0.6) is 0 Å². The quantitative estimate of drug-likeness (QED) is 0.756. The van der Waals surface area contributed by atoms with Crippen molar-refractivity contribution in [1.29, 1.82) is 0 Å². The average molecular weight is 209 g/mol. The molecule has 1 aliphatic carbocycles. The maximum absolute atomic E-state index is 11.3. The fourth-order valence-electron chi connectivity index (χ4n) is 1.56. The SMILES string of the molecule is O=C1NC(=O)C(CC2=CCCC=C2)S1. The van der Waals surface area contributed by atoms with Crippen LogP contribution in [0.1, 0.15) is 19.3 Å². The van der Waals surface area contributed by atoms with Gasteiger partial charge in [-0.3, -0.25) is 14.9 Å². The van der Waals surface area contributed by atoms with Gasteiger partial charge in [-0.05, 0) is 19.3 Å². The third kappa shape index (κ3) is 2.07. The minimum absolute atomic E-state index is 0.153. The van der Waals surface area contributed by atoms with E-state index in [-0.39, 0.29) is 16.4 Å². The molecular formula is C10H11NO2S. The van der Waals surface area contributed by atoms with Crippen LogP contribution in [0.2, 0.25) is 0 Å². The Morgan fingerprint density at radius 1 is 1.43 bits per heavy atom. The Morgan fingerprint density at radius 3 is 2.86 bits per heavy atom. The number of allylic oxidation sites excluding steroid dienone is 4. The lowest BCUT2D eigenvalue weighted by Gasteiger charge is -2.08. The Morgan fingerprint density at radius 2 is 2.29 bits per heavy atom. The molecule has 74 valence electrons. The second-order valence-electron chi connectivity index (χ2n) is 3.35. The molecule has 0 spiro atoms. The highest BCUT2D eigenvalue weighted by molar-refractivity contribution is 8.15. The summed E-state index contributed by atoms with van der Waals surface area (Å²) in [4.78, 5) is 22.2. The van der Waals surface area contributed by atoms with Crippen molar-refractivity contribution in [2.45, 2.75) is 24.5 Å². The first-order chi connectivity index (χ1) is 6.75. The van der Waals surface area contributed by atoms with Crippen molar-refractivity contribution in [2.24, 2.45) is 0 Å². The maximum Gasteiger partial charge on any atom is 0.286 e. The molecule has 1 fully saturated rings. The molecule has 1 atom stereocenters. The molecular weight excluding hydrogens is 198 g/mol. The van der Waals surface area contributed by atoms with Gasteiger partial charge in [-0.1, -0.05) is 35.6 Å². The Balaban J connectivity index is 1.97. The highest BCUT2D eigenvalue weighted by atomic mass is 32.2. The van der Waals surface area contributed by atoms with Crippen LogP contribution in [-0.2, 0) is 4.79 Å². The minimum atomic E-state index is -0.225. The second-order valence-corrected chi connectivity index (χ2v) is 4.52. The maximum atomic E-state index is 11.3. The zero-order valence-corrected chi connectivity index (χ0v) is 8.47. The number of hydrogen-bond acceptors (Lipinski definition) is 3. The molecule has 1 unspecified atom stereocenters. The van der Waals surface area contributed by atoms with E-state index in [4.69, 9.17) is 0 Å². The van der Waals surface area contributed by atoms with Crippen LogP contribution in [-0.4, -0.2) is 16.4 Å². The number of amides is 2. The summed E-state index contributed by atoms with van der Waals surface area (Å²) in [5.74, 6) is -0.153. The van der Waals surface area contributed by atoms with Gasteiger partial charge in [-0.25, -0.2) is 0 Å². The Hall–Kier alpha value is -1.03. The van der Waals surface area contributed by atoms with Crippen molar-refractivity contribution in [1.82, 2.24) is 5.32 Å². The van der Waals surface area contributed by atoms with Crippen LogP contribution in [0.3, 0.4) is 0 Å². The van der Waals surface area contributed by atoms with Crippen LogP contribution in [0.15, 0.2) is 23.8 Å². The van der Waals surface area contributed by atoms with Crippen LogP contribution in [0.4, 0.5) is 4.79 Å². The van der Waals surface area contributed by atoms with Gasteiger partial charge in [0.05, 0.1) is 5.25 Å². The summed E-state index contributed by atoms with van der Waals surface area (Å²) in [5.41, 5.74) is 1.17. The topological polar surface area (TPSA) is 46.2 Å². The van der Waals surface area contributed by atoms with E-state index in [0.717, 1.165) is 24.6 Å². The molecule has 1 aliphatic heterocycles. The van der Waals surface area contributed by atoms with Gasteiger partial charge in [-0.15, -0.1) is 0 Å². The molecule has 0 saturated carbocycles. The van der Waals surface area contributed by atoms with Gasteiger partial charge >= 0.3 is 0 Å². The normalized spacial score (nSPS) is 26.3. The molecule has 0 radical (unpaired) electrons. The summed E-state index contributed by atoms with van der Waals surface area (Å²) in [5, 5.41) is 1.84. The van der Waals surface area contributed by atoms with Gasteiger partial charge in [0, 0.05) is 0 Å². The lowest BCUT2D eigenvalue weighted by atomic mass is 10.0. The molecule has 1 heterocycles. The second kappa shape index (κ2) is 4.00. The highest BCUT2D eigenvalue weighted by Crippen LogP contribution is 2.26. The van der Waals surface area contributed by atoms with Crippen LogP contribution in [0, 0.1) is 0 Å². The van der Waals surface area contributed by atoms with E-state index >= 15 is 0 Å². The summed E-state index contributed by atoms with van der Waals surface area (Å²) in [6.07, 6.45) is 9.06. The molecule has 1 saturated heterocycles. The number of hydrogen-bond donors (Lipinski definition) is 1. The predicted molar refractivity (Wildman–Crippen MR) is 56.0 cm³/mol. The summed E-state index contributed by atoms with van der Waals surface area (Å²) < 4.78 is 0. The summed E-state index contributed by atoms with van der Waals surface area (Å²) in [6, 6.07) is 0. The van der Waals surface area contributed by atoms with Crippen molar-refractivity contribution in [3.63, 3.8) is 0 Å². The van der Waals surface area contributed by atoms with E-state index in [1.807, 2.05) is 6.08 Å². The van der Waals surface area contributed by atoms with Gasteiger partial charge in [0.25, 0.3) is 5.24 Å². The first-order valence-electron chi connectivity index (χ1n) is 4.63. The molecule has 3 nitrogen and oxygen atoms in total. The molecule has 0 bridgehead atoms. The monoisotopic (exact) mass is 209 g/mol. The van der Waals surface area contributed by atoms with Crippen LogP contribution in [0.25, 0.3) is 0 Å². The number of nitrogens with one attached hydrogen (secondary N) is 1. The molecule has 4 heteroatoms. The van der Waals surface area contributed by atoms with Crippen molar-refractivity contribution >= 4 is 22.9 Å². The molecule has 1 N–H and O–H groups in total. The van der Waals surface area contributed by atoms with Crippen molar-refractivity contribution in [2.75, 3.05) is 0 Å². The smallest absolute Gasteiger partial charge is 0.286 e. The molecule has 14 heavy (non-hydrogen) atoms. The number of rotatable bonds is 2. The standard InChI is InChI=1S/C10H11NO2S/c12-9-8(14-10(13)11-9)6-7-4-2-1-3-5-7/h2,4-5,8H,1,3,6H2,(H,11,12,13). The molecule has 0 aromatic heterocycles. The van der Waals surface area contributed by atoms with E-state index in [1.165, 1.54) is 5.57 Å². The van der Waals surface area contributed by atoms with Crippen molar-refractivity contribution < 1.29 is 9.59 Å². The molecule has 2 amide bonds. The Labute approximate surface area is 86.6 Å². The van der Waals surface area contributed by atoms with E-state index in [0.29, 0.717) is 6.42 Å². The number of thioether (sulfide) groups is 1. The number of imide groups is 1. The first kappa shape index (κ1) is 9.52. The number of carbonyl (C=O) groups is 2. The van der Waals surface area contributed by atoms with Crippen molar-refractivity contribution in [3.8, 4) is 0 Å². The van der Waals surface area contributed by atoms with E-state index < -0.39 is 0 Å². The lowest BCUT2D eigenvalue weighted by Crippen LogP contribution is -2.24. The Bertz CT molecular complexity index is 333. The van der Waals surface area contributed by atoms with E-state index in [9.17, 15) is 9.59 Å². The van der Waals surface area contributed by atoms with Crippen LogP contribution < -0.4 is 5.32 Å². The number of carbonyl (C=O) groups excluding carboxylic acids is 2. The molecule has 0 aromatic rings. The largest absolute Gasteiger partial charge is 0.286 e. The van der Waals surface area contributed by atoms with E-state index in [1.54, 1.807) is 0 Å². The minimum Gasteiger partial charge on any atom is -0.286 e. The lowest BCUT2D eigenvalue weighted by molar-refractivity contribution is -0.118. The van der Waals surface area contributed by atoms with Gasteiger partial charge in [0.1, 0.15) is 0 Å². The summed E-state index contributed by atoms with van der Waals surface area (Å²) in [6.45, 7) is 0. The van der Waals surface area contributed by atoms with Gasteiger partial charge in [0.2, 0.25) is 5.91 Å². The molecule has 2 aliphatic rings. The van der Waals surface area contributed by atoms with Gasteiger partial charge in [-0.2, -0.15) is 0 Å². The third-order valence-electron chi connectivity index (χ3n) is 2.26. The third-order valence-corrected chi connectivity index (χ3v) is 3.24. The predicted octanol–water partition coefficient (Wildman–Crippen LogP) is 2.00. The Kier molecular flexibility index (Phi) is 2.72. The molecule has 0 aromatic carbocycles. The zero-order valence-electron chi connectivity index (χ0n) is 7.66. The van der Waals surface area contributed by atoms with E-state index in [2.05, 4.69) is 17.5 Å². The van der Waals surface area contributed by atoms with Crippen LogP contribution >= 0.6 is 11.8 Å². The molecule has 2 rings (SSSR count). The first-order valence-corrected chi connectivity index (χ1v) is 5.51. The summed E-state index contributed by atoms with van der Waals surface area (Å²) >= 11 is 1.09. The van der Waals surface area contributed by atoms with Gasteiger partial charge < -0.3 is 0 Å². The fraction of sp³-hybridized carbons (Fsp3) is 0.400. The van der Waals surface area contributed by atoms with Crippen molar-refractivity contribution in [3.05, 3.63) is 23.8 Å². The van der Waals surface area contributed by atoms with Gasteiger partial charge in [0.15, 0.2) is 0 Å². The fourth-order valence-corrected chi connectivity index (χ4v) is 2.42. The average Bonchev–Trinajstić information content (AvgIpc) is 2.47. The highest BCUT2D eigenvalue weighted by Gasteiger charge is 2.31.